The molecule has 0 bridgehead atoms. The Hall–Kier alpha value is -7.56. The lowest BCUT2D eigenvalue weighted by Gasteiger charge is -2.16. The van der Waals surface area contributed by atoms with Gasteiger partial charge in [0.05, 0.1) is 39.1 Å². The molecule has 0 fully saturated rings. The standard InChI is InChI=1S/C52H34N4/c1-4-17-35(18-5-1)38-23-16-24-39(33-38)55-47-28-13-10-25-40(47)42-31-32-43-41-26-11-14-29-48(41)56(51(43)50(42)55)49-30-15-12-27-44(49)52-53-45(36-19-6-2-7-20-36)34-46(54-52)37-21-8-3-9-22-37/h1-34H. The van der Waals surface area contributed by atoms with Crippen LogP contribution in [0.2, 0.25) is 0 Å². The smallest absolute Gasteiger partial charge is 0.162 e. The maximum atomic E-state index is 5.30. The third-order valence-electron chi connectivity index (χ3n) is 10.9. The average Bonchev–Trinajstić information content (AvgIpc) is 3.80. The topological polar surface area (TPSA) is 35.6 Å². The Kier molecular flexibility index (Phi) is 7.46. The molecule has 11 rings (SSSR count). The summed E-state index contributed by atoms with van der Waals surface area (Å²) in [5, 5.41) is 4.80. The zero-order valence-electron chi connectivity index (χ0n) is 30.4. The van der Waals surface area contributed by atoms with E-state index in [0.717, 1.165) is 61.5 Å². The van der Waals surface area contributed by atoms with E-state index in [9.17, 15) is 0 Å². The molecule has 0 aliphatic carbocycles. The summed E-state index contributed by atoms with van der Waals surface area (Å²) < 4.78 is 4.90. The molecule has 3 heterocycles. The van der Waals surface area contributed by atoms with E-state index in [1.165, 1.54) is 32.7 Å². The van der Waals surface area contributed by atoms with Crippen molar-refractivity contribution < 1.29 is 0 Å². The molecule has 262 valence electrons. The predicted molar refractivity (Wildman–Crippen MR) is 232 cm³/mol. The number of benzene rings is 8. The molecule has 11 aromatic rings. The van der Waals surface area contributed by atoms with Crippen LogP contribution in [0.4, 0.5) is 0 Å². The minimum absolute atomic E-state index is 0.676. The molecule has 0 radical (unpaired) electrons. The summed E-state index contributed by atoms with van der Waals surface area (Å²) >= 11 is 0. The van der Waals surface area contributed by atoms with Gasteiger partial charge >= 0.3 is 0 Å². The normalized spacial score (nSPS) is 11.6. The lowest BCUT2D eigenvalue weighted by atomic mass is 10.1. The molecule has 3 aromatic heterocycles. The summed E-state index contributed by atoms with van der Waals surface area (Å²) in [6.45, 7) is 0. The van der Waals surface area contributed by atoms with E-state index in [0.29, 0.717) is 5.82 Å². The van der Waals surface area contributed by atoms with Gasteiger partial charge in [0, 0.05) is 43.9 Å². The van der Waals surface area contributed by atoms with E-state index >= 15 is 0 Å². The van der Waals surface area contributed by atoms with Gasteiger partial charge in [0.1, 0.15) is 0 Å². The van der Waals surface area contributed by atoms with E-state index in [1.54, 1.807) is 0 Å². The van der Waals surface area contributed by atoms with Crippen molar-refractivity contribution in [1.82, 2.24) is 19.1 Å². The number of rotatable bonds is 6. The van der Waals surface area contributed by atoms with Crippen molar-refractivity contribution in [2.45, 2.75) is 0 Å². The van der Waals surface area contributed by atoms with Crippen molar-refractivity contribution >= 4 is 43.6 Å². The summed E-state index contributed by atoms with van der Waals surface area (Å²) in [5.74, 6) is 0.676. The highest BCUT2D eigenvalue weighted by Gasteiger charge is 2.23. The second kappa shape index (κ2) is 13.1. The van der Waals surface area contributed by atoms with E-state index in [1.807, 2.05) is 12.1 Å². The second-order valence-corrected chi connectivity index (χ2v) is 14.2. The van der Waals surface area contributed by atoms with Gasteiger partial charge in [0.25, 0.3) is 0 Å². The summed E-state index contributed by atoms with van der Waals surface area (Å²) in [7, 11) is 0. The van der Waals surface area contributed by atoms with Gasteiger partial charge in [-0.3, -0.25) is 0 Å². The zero-order chi connectivity index (χ0) is 37.0. The molecule has 4 heteroatoms. The Bertz CT molecular complexity index is 3170. The van der Waals surface area contributed by atoms with E-state index in [4.69, 9.17) is 9.97 Å². The molecule has 0 aliphatic rings. The van der Waals surface area contributed by atoms with Crippen molar-refractivity contribution in [2.24, 2.45) is 0 Å². The minimum atomic E-state index is 0.676. The minimum Gasteiger partial charge on any atom is -0.307 e. The SMILES string of the molecule is c1ccc(-c2cccc(-n3c4ccccc4c4ccc5c6ccccc6n(-c6ccccc6-c6nc(-c7ccccc7)cc(-c7ccccc7)n6)c5c43)c2)cc1. The van der Waals surface area contributed by atoms with Gasteiger partial charge < -0.3 is 9.13 Å². The maximum absolute atomic E-state index is 5.30. The van der Waals surface area contributed by atoms with Gasteiger partial charge in [-0.2, -0.15) is 0 Å². The molecule has 0 N–H and O–H groups in total. The van der Waals surface area contributed by atoms with Crippen LogP contribution >= 0.6 is 0 Å². The van der Waals surface area contributed by atoms with Crippen molar-refractivity contribution in [3.8, 4) is 56.4 Å². The molecule has 0 unspecified atom stereocenters. The Morgan fingerprint density at radius 1 is 0.321 bits per heavy atom. The van der Waals surface area contributed by atoms with Crippen LogP contribution in [0.1, 0.15) is 0 Å². The molecule has 0 spiro atoms. The first kappa shape index (κ1) is 31.9. The van der Waals surface area contributed by atoms with Gasteiger partial charge in [-0.1, -0.05) is 164 Å². The summed E-state index contributed by atoms with van der Waals surface area (Å²) in [4.78, 5) is 10.6. The van der Waals surface area contributed by atoms with Crippen molar-refractivity contribution in [1.29, 1.82) is 0 Å². The predicted octanol–water partition coefficient (Wildman–Crippen LogP) is 13.3. The summed E-state index contributed by atoms with van der Waals surface area (Å²) in [6, 6.07) is 73.1. The molecule has 8 aromatic carbocycles. The quantitative estimate of drug-likeness (QED) is 0.172. The van der Waals surface area contributed by atoms with Crippen LogP contribution in [0.3, 0.4) is 0 Å². The highest BCUT2D eigenvalue weighted by molar-refractivity contribution is 6.24. The number of fused-ring (bicyclic) bond motifs is 7. The van der Waals surface area contributed by atoms with E-state index < -0.39 is 0 Å². The number of para-hydroxylation sites is 3. The van der Waals surface area contributed by atoms with Crippen LogP contribution in [0, 0.1) is 0 Å². The number of nitrogens with zero attached hydrogens (tertiary/aromatic N) is 4. The van der Waals surface area contributed by atoms with Crippen LogP contribution in [-0.2, 0) is 0 Å². The Labute approximate surface area is 324 Å². The van der Waals surface area contributed by atoms with Gasteiger partial charge in [0.2, 0.25) is 0 Å². The molecular formula is C52H34N4. The van der Waals surface area contributed by atoms with Crippen molar-refractivity contribution in [2.75, 3.05) is 0 Å². The molecule has 0 atom stereocenters. The summed E-state index contributed by atoms with van der Waals surface area (Å²) in [6.07, 6.45) is 0. The third kappa shape index (κ3) is 5.15. The van der Waals surface area contributed by atoms with Crippen molar-refractivity contribution in [3.63, 3.8) is 0 Å². The fraction of sp³-hybridized carbons (Fsp3) is 0. The Morgan fingerprint density at radius 3 is 1.43 bits per heavy atom. The molecular weight excluding hydrogens is 681 g/mol. The van der Waals surface area contributed by atoms with Crippen molar-refractivity contribution in [3.05, 3.63) is 206 Å². The second-order valence-electron chi connectivity index (χ2n) is 14.2. The lowest BCUT2D eigenvalue weighted by molar-refractivity contribution is 1.13. The highest BCUT2D eigenvalue weighted by atomic mass is 15.1. The summed E-state index contributed by atoms with van der Waals surface area (Å²) in [5.41, 5.74) is 13.9. The van der Waals surface area contributed by atoms with Crippen LogP contribution < -0.4 is 0 Å². The molecule has 0 amide bonds. The molecule has 0 saturated heterocycles. The molecule has 4 nitrogen and oxygen atoms in total. The first-order valence-electron chi connectivity index (χ1n) is 19.0. The third-order valence-corrected chi connectivity index (χ3v) is 10.9. The zero-order valence-corrected chi connectivity index (χ0v) is 30.4. The van der Waals surface area contributed by atoms with Gasteiger partial charge in [-0.15, -0.1) is 0 Å². The molecule has 0 aliphatic heterocycles. The highest BCUT2D eigenvalue weighted by Crippen LogP contribution is 2.43. The van der Waals surface area contributed by atoms with Crippen LogP contribution in [0.15, 0.2) is 206 Å². The van der Waals surface area contributed by atoms with Gasteiger partial charge in [0.15, 0.2) is 5.82 Å². The Balaban J connectivity index is 1.24. The molecule has 0 saturated carbocycles. The number of hydrogen-bond acceptors (Lipinski definition) is 2. The number of aromatic nitrogens is 4. The fourth-order valence-electron chi connectivity index (χ4n) is 8.41. The lowest BCUT2D eigenvalue weighted by Crippen LogP contribution is -2.03. The van der Waals surface area contributed by atoms with Crippen LogP contribution in [0.5, 0.6) is 0 Å². The Morgan fingerprint density at radius 2 is 0.804 bits per heavy atom. The first-order valence-corrected chi connectivity index (χ1v) is 19.0. The van der Waals surface area contributed by atoms with Crippen LogP contribution in [-0.4, -0.2) is 19.1 Å². The van der Waals surface area contributed by atoms with E-state index in [-0.39, 0.29) is 0 Å². The average molecular weight is 715 g/mol. The maximum Gasteiger partial charge on any atom is 0.162 e. The number of hydrogen-bond donors (Lipinski definition) is 0. The largest absolute Gasteiger partial charge is 0.307 e. The van der Waals surface area contributed by atoms with E-state index in [2.05, 4.69) is 203 Å². The van der Waals surface area contributed by atoms with Gasteiger partial charge in [-0.05, 0) is 53.6 Å². The van der Waals surface area contributed by atoms with Crippen LogP contribution in [0.25, 0.3) is 100 Å². The fourth-order valence-corrected chi connectivity index (χ4v) is 8.41. The molecule has 56 heavy (non-hydrogen) atoms. The van der Waals surface area contributed by atoms with Gasteiger partial charge in [-0.25, -0.2) is 9.97 Å². The monoisotopic (exact) mass is 714 g/mol. The first-order chi connectivity index (χ1) is 27.8.